The van der Waals surface area contributed by atoms with Gasteiger partial charge in [0.2, 0.25) is 0 Å². The van der Waals surface area contributed by atoms with Gasteiger partial charge in [-0.3, -0.25) is 0 Å². The van der Waals surface area contributed by atoms with E-state index in [2.05, 4.69) is 102 Å². The Morgan fingerprint density at radius 2 is 0.818 bits per heavy atom. The predicted octanol–water partition coefficient (Wildman–Crippen LogP) is 17.1. The highest BCUT2D eigenvalue weighted by molar-refractivity contribution is 6.53. The molecule has 2 heteroatoms. The van der Waals surface area contributed by atoms with Crippen LogP contribution in [-0.4, -0.2) is 11.4 Å². The number of aliphatic imine (C=N–C) groups is 2. The first-order chi connectivity index (χ1) is 27.1. The second-order valence-electron chi connectivity index (χ2n) is 16.2. The van der Waals surface area contributed by atoms with E-state index in [-0.39, 0.29) is 0 Å². The van der Waals surface area contributed by atoms with E-state index in [4.69, 9.17) is 9.98 Å². The van der Waals surface area contributed by atoms with Gasteiger partial charge in [0.1, 0.15) is 5.71 Å². The van der Waals surface area contributed by atoms with Gasteiger partial charge < -0.3 is 0 Å². The number of rotatable bonds is 32. The van der Waals surface area contributed by atoms with Crippen LogP contribution >= 0.6 is 0 Å². The van der Waals surface area contributed by atoms with Gasteiger partial charge in [0.05, 0.1) is 17.1 Å². The minimum absolute atomic E-state index is 0.820. The molecule has 2 aromatic carbocycles. The zero-order chi connectivity index (χ0) is 39.6. The van der Waals surface area contributed by atoms with Gasteiger partial charge in [-0.1, -0.05) is 175 Å². The lowest BCUT2D eigenvalue weighted by atomic mass is 9.99. The van der Waals surface area contributed by atoms with Crippen molar-refractivity contribution in [1.29, 1.82) is 0 Å². The Morgan fingerprint density at radius 3 is 1.27 bits per heavy atom. The lowest BCUT2D eigenvalue weighted by molar-refractivity contribution is 0.592. The molecule has 0 aliphatic carbocycles. The van der Waals surface area contributed by atoms with Gasteiger partial charge in [0, 0.05) is 6.42 Å². The SMILES string of the molecule is CCCCCCC#CC(=Nc1cc(CCCCC)cc(CCCCC)c1)C(C=CCCCCCCCCC)=Nc1cc(CCCCC)cc(CCCCC)c1. The third kappa shape index (κ3) is 23.7. The summed E-state index contributed by atoms with van der Waals surface area (Å²) in [5.74, 6) is 7.20. The number of hydrogen-bond donors (Lipinski definition) is 0. The number of hydrogen-bond acceptors (Lipinski definition) is 2. The highest BCUT2D eigenvalue weighted by Crippen LogP contribution is 2.25. The van der Waals surface area contributed by atoms with Crippen LogP contribution in [0, 0.1) is 11.8 Å². The van der Waals surface area contributed by atoms with Gasteiger partial charge in [-0.05, 0) is 129 Å². The highest BCUT2D eigenvalue weighted by Gasteiger charge is 2.10. The number of allylic oxidation sites excluding steroid dienone is 2. The molecular weight excluding hydrogens is 665 g/mol. The summed E-state index contributed by atoms with van der Waals surface area (Å²) in [6.07, 6.45) is 40.2. The minimum atomic E-state index is 0.820. The van der Waals surface area contributed by atoms with Gasteiger partial charge in [0.15, 0.2) is 0 Å². The topological polar surface area (TPSA) is 24.7 Å². The van der Waals surface area contributed by atoms with Crippen molar-refractivity contribution >= 4 is 22.8 Å². The number of nitrogens with zero attached hydrogens (tertiary/aromatic N) is 2. The lowest BCUT2D eigenvalue weighted by Crippen LogP contribution is -2.10. The summed E-state index contributed by atoms with van der Waals surface area (Å²) in [5, 5.41) is 0. The third-order valence-electron chi connectivity index (χ3n) is 10.7. The van der Waals surface area contributed by atoms with Crippen molar-refractivity contribution in [2.45, 2.75) is 228 Å². The van der Waals surface area contributed by atoms with E-state index in [1.807, 2.05) is 0 Å². The summed E-state index contributed by atoms with van der Waals surface area (Å²) in [5.41, 5.74) is 9.50. The van der Waals surface area contributed by atoms with Crippen molar-refractivity contribution in [2.75, 3.05) is 0 Å². The maximum atomic E-state index is 5.49. The molecule has 2 nitrogen and oxygen atoms in total. The van der Waals surface area contributed by atoms with Crippen molar-refractivity contribution in [3.63, 3.8) is 0 Å². The van der Waals surface area contributed by atoms with E-state index < -0.39 is 0 Å². The van der Waals surface area contributed by atoms with Crippen LogP contribution in [0.3, 0.4) is 0 Å². The van der Waals surface area contributed by atoms with Crippen LogP contribution in [-0.2, 0) is 25.7 Å². The quantitative estimate of drug-likeness (QED) is 0.0404. The molecule has 0 aromatic heterocycles. The van der Waals surface area contributed by atoms with E-state index in [0.717, 1.165) is 67.7 Å². The van der Waals surface area contributed by atoms with Crippen LogP contribution in [0.5, 0.6) is 0 Å². The van der Waals surface area contributed by atoms with E-state index in [1.54, 1.807) is 0 Å². The molecular formula is C53H84N2. The molecule has 0 N–H and O–H groups in total. The normalized spacial score (nSPS) is 12.1. The summed E-state index contributed by atoms with van der Waals surface area (Å²) < 4.78 is 0. The zero-order valence-corrected chi connectivity index (χ0v) is 37.0. The van der Waals surface area contributed by atoms with Gasteiger partial charge in [-0.25, -0.2) is 9.98 Å². The molecule has 2 rings (SSSR count). The molecule has 2 aromatic rings. The fraction of sp³-hybridized carbons (Fsp3) is 0.660. The maximum absolute atomic E-state index is 5.49. The van der Waals surface area contributed by atoms with E-state index in [1.165, 1.54) is 164 Å². The first-order valence-electron chi connectivity index (χ1n) is 23.6. The smallest absolute Gasteiger partial charge is 0.139 e. The summed E-state index contributed by atoms with van der Waals surface area (Å²) in [7, 11) is 0. The van der Waals surface area contributed by atoms with E-state index in [9.17, 15) is 0 Å². The fourth-order valence-electron chi connectivity index (χ4n) is 7.30. The second-order valence-corrected chi connectivity index (χ2v) is 16.2. The second kappa shape index (κ2) is 33.2. The molecule has 0 heterocycles. The van der Waals surface area contributed by atoms with Crippen LogP contribution in [0.1, 0.15) is 224 Å². The Morgan fingerprint density at radius 1 is 0.436 bits per heavy atom. The zero-order valence-electron chi connectivity index (χ0n) is 37.0. The average molecular weight is 749 g/mol. The fourth-order valence-corrected chi connectivity index (χ4v) is 7.30. The number of benzene rings is 2. The summed E-state index contributed by atoms with van der Waals surface area (Å²) >= 11 is 0. The summed E-state index contributed by atoms with van der Waals surface area (Å²) in [6.45, 7) is 13.7. The average Bonchev–Trinajstić information content (AvgIpc) is 3.18. The lowest BCUT2D eigenvalue weighted by Gasteiger charge is -2.10. The first-order valence-corrected chi connectivity index (χ1v) is 23.6. The molecule has 0 atom stereocenters. The van der Waals surface area contributed by atoms with Gasteiger partial charge in [0.25, 0.3) is 0 Å². The predicted molar refractivity (Wildman–Crippen MR) is 248 cm³/mol. The van der Waals surface area contributed by atoms with Crippen LogP contribution < -0.4 is 0 Å². The van der Waals surface area contributed by atoms with Crippen LogP contribution in [0.25, 0.3) is 0 Å². The molecule has 306 valence electrons. The number of aryl methyl sites for hydroxylation is 4. The molecule has 0 unspecified atom stereocenters. The Balaban J connectivity index is 2.68. The van der Waals surface area contributed by atoms with Gasteiger partial charge in [-0.2, -0.15) is 0 Å². The molecule has 55 heavy (non-hydrogen) atoms. The van der Waals surface area contributed by atoms with Crippen LogP contribution in [0.15, 0.2) is 58.5 Å². The van der Waals surface area contributed by atoms with Crippen molar-refractivity contribution < 1.29 is 0 Å². The standard InChI is InChI=1S/C53H84N2/c1-7-13-19-21-23-24-25-27-33-39-53(55-51-44-48(36-30-17-11-5)41-49(45-51)37-31-18-12-6)52(38-32-26-22-20-14-8-2)54-50-42-46(34-28-15-9-3)40-47(43-50)35-29-16-10-4/h33,39-45H,7-31,34-37H2,1-6H3. The molecule has 0 amide bonds. The molecule has 0 radical (unpaired) electrons. The molecule has 0 spiro atoms. The summed E-state index contributed by atoms with van der Waals surface area (Å²) in [6, 6.07) is 14.3. The molecule has 0 fully saturated rings. The molecule has 0 saturated heterocycles. The molecule has 0 aliphatic heterocycles. The molecule has 0 aliphatic rings. The van der Waals surface area contributed by atoms with Crippen molar-refractivity contribution in [3.8, 4) is 11.8 Å². The van der Waals surface area contributed by atoms with Crippen molar-refractivity contribution in [2.24, 2.45) is 9.98 Å². The largest absolute Gasteiger partial charge is 0.246 e. The maximum Gasteiger partial charge on any atom is 0.139 e. The summed E-state index contributed by atoms with van der Waals surface area (Å²) in [4.78, 5) is 10.9. The van der Waals surface area contributed by atoms with Crippen LogP contribution in [0.2, 0.25) is 0 Å². The van der Waals surface area contributed by atoms with E-state index >= 15 is 0 Å². The van der Waals surface area contributed by atoms with Gasteiger partial charge in [-0.15, -0.1) is 0 Å². The first kappa shape index (κ1) is 48.2. The Hall–Kier alpha value is -2.92. The third-order valence-corrected chi connectivity index (χ3v) is 10.7. The minimum Gasteiger partial charge on any atom is -0.246 e. The highest BCUT2D eigenvalue weighted by atomic mass is 14.8. The van der Waals surface area contributed by atoms with Crippen LogP contribution in [0.4, 0.5) is 11.4 Å². The van der Waals surface area contributed by atoms with E-state index in [0.29, 0.717) is 0 Å². The Kier molecular flexibility index (Phi) is 29.1. The Bertz CT molecular complexity index is 1360. The van der Waals surface area contributed by atoms with Crippen molar-refractivity contribution in [3.05, 3.63) is 70.8 Å². The molecule has 0 saturated carbocycles. The van der Waals surface area contributed by atoms with Gasteiger partial charge >= 0.3 is 0 Å². The number of unbranched alkanes of at least 4 members (excludes halogenated alkanes) is 19. The van der Waals surface area contributed by atoms with Crippen molar-refractivity contribution in [1.82, 2.24) is 0 Å². The monoisotopic (exact) mass is 749 g/mol. The molecule has 0 bridgehead atoms. The Labute approximate surface area is 342 Å².